The first-order valence-corrected chi connectivity index (χ1v) is 6.96. The summed E-state index contributed by atoms with van der Waals surface area (Å²) in [5.41, 5.74) is 2.17. The van der Waals surface area contributed by atoms with Gasteiger partial charge in [0.15, 0.2) is 0 Å². The van der Waals surface area contributed by atoms with Gasteiger partial charge in [-0.05, 0) is 24.7 Å². The van der Waals surface area contributed by atoms with Crippen molar-refractivity contribution in [2.75, 3.05) is 13.6 Å². The maximum atomic E-state index is 14.3. The predicted molar refractivity (Wildman–Crippen MR) is 78.9 cm³/mol. The zero-order valence-corrected chi connectivity index (χ0v) is 11.9. The van der Waals surface area contributed by atoms with Crippen molar-refractivity contribution in [1.82, 2.24) is 5.32 Å². The van der Waals surface area contributed by atoms with Gasteiger partial charge < -0.3 is 10.1 Å². The van der Waals surface area contributed by atoms with E-state index in [1.54, 1.807) is 12.1 Å². The molecule has 0 amide bonds. The highest BCUT2D eigenvalue weighted by Gasteiger charge is 2.28. The van der Waals surface area contributed by atoms with Gasteiger partial charge in [0.1, 0.15) is 17.7 Å². The van der Waals surface area contributed by atoms with Crippen LogP contribution in [0.4, 0.5) is 4.39 Å². The van der Waals surface area contributed by atoms with E-state index in [4.69, 9.17) is 16.3 Å². The van der Waals surface area contributed by atoms with Crippen molar-refractivity contribution in [2.24, 2.45) is 0 Å². The molecule has 1 N–H and O–H groups in total. The number of ether oxygens (including phenoxy) is 1. The molecule has 0 aromatic heterocycles. The van der Waals surface area contributed by atoms with Crippen molar-refractivity contribution >= 4 is 11.6 Å². The van der Waals surface area contributed by atoms with Crippen LogP contribution in [0.25, 0.3) is 11.1 Å². The normalized spacial score (nSPS) is 16.9. The Morgan fingerprint density at radius 2 is 2.10 bits per heavy atom. The monoisotopic (exact) mass is 291 g/mol. The molecule has 4 heteroatoms. The quantitative estimate of drug-likeness (QED) is 0.932. The van der Waals surface area contributed by atoms with Gasteiger partial charge in [-0.2, -0.15) is 0 Å². The number of hydrogen-bond acceptors (Lipinski definition) is 2. The van der Waals surface area contributed by atoms with Crippen LogP contribution in [-0.4, -0.2) is 19.7 Å². The smallest absolute Gasteiger partial charge is 0.134 e. The molecular formula is C16H15ClFNO. The fourth-order valence-electron chi connectivity index (χ4n) is 2.61. The molecule has 2 aromatic rings. The molecule has 1 aliphatic heterocycles. The number of rotatable bonds is 3. The zero-order chi connectivity index (χ0) is 14.1. The highest BCUT2D eigenvalue weighted by molar-refractivity contribution is 6.33. The first-order valence-electron chi connectivity index (χ1n) is 6.58. The minimum absolute atomic E-state index is 0.0398. The Bertz CT molecular complexity index is 644. The summed E-state index contributed by atoms with van der Waals surface area (Å²) < 4.78 is 20.2. The Labute approximate surface area is 122 Å². The molecule has 1 aliphatic rings. The molecule has 0 aliphatic carbocycles. The lowest BCUT2D eigenvalue weighted by atomic mass is 10.00. The molecule has 1 heterocycles. The molecule has 1 atom stereocenters. The molecule has 20 heavy (non-hydrogen) atoms. The van der Waals surface area contributed by atoms with Crippen LogP contribution in [-0.2, 0) is 6.42 Å². The van der Waals surface area contributed by atoms with E-state index < -0.39 is 0 Å². The third-order valence-electron chi connectivity index (χ3n) is 3.50. The average Bonchev–Trinajstić information content (AvgIpc) is 2.83. The summed E-state index contributed by atoms with van der Waals surface area (Å²) in [6.07, 6.45) is 0.825. The van der Waals surface area contributed by atoms with Crippen molar-refractivity contribution in [3.8, 4) is 16.9 Å². The SMILES string of the molecule is CNCC1Cc2ccc(F)c(-c3ccccc3Cl)c2O1. The summed E-state index contributed by atoms with van der Waals surface area (Å²) in [5, 5.41) is 3.61. The second-order valence-electron chi connectivity index (χ2n) is 4.89. The molecule has 2 nitrogen and oxygen atoms in total. The van der Waals surface area contributed by atoms with Crippen LogP contribution in [0, 0.1) is 5.82 Å². The molecule has 104 valence electrons. The number of hydrogen-bond donors (Lipinski definition) is 1. The summed E-state index contributed by atoms with van der Waals surface area (Å²) in [7, 11) is 1.88. The highest BCUT2D eigenvalue weighted by Crippen LogP contribution is 2.42. The van der Waals surface area contributed by atoms with Crippen LogP contribution in [0.5, 0.6) is 5.75 Å². The second-order valence-corrected chi connectivity index (χ2v) is 5.30. The first kappa shape index (κ1) is 13.4. The van der Waals surface area contributed by atoms with Crippen LogP contribution in [0.2, 0.25) is 5.02 Å². The second kappa shape index (κ2) is 5.43. The predicted octanol–water partition coefficient (Wildman–Crippen LogP) is 3.67. The van der Waals surface area contributed by atoms with Gasteiger partial charge in [-0.1, -0.05) is 35.9 Å². The molecule has 2 aromatic carbocycles. The van der Waals surface area contributed by atoms with Crippen LogP contribution in [0.1, 0.15) is 5.56 Å². The average molecular weight is 292 g/mol. The summed E-state index contributed by atoms with van der Waals surface area (Å²) >= 11 is 6.20. The molecule has 1 unspecified atom stereocenters. The van der Waals surface area contributed by atoms with Gasteiger partial charge in [0, 0.05) is 23.6 Å². The lowest BCUT2D eigenvalue weighted by molar-refractivity contribution is 0.231. The van der Waals surface area contributed by atoms with Crippen LogP contribution in [0.15, 0.2) is 36.4 Å². The summed E-state index contributed by atoms with van der Waals surface area (Å²) in [4.78, 5) is 0. The Morgan fingerprint density at radius 3 is 2.85 bits per heavy atom. The van der Waals surface area contributed by atoms with Crippen LogP contribution >= 0.6 is 11.6 Å². The Kier molecular flexibility index (Phi) is 3.64. The fraction of sp³-hybridized carbons (Fsp3) is 0.250. The third kappa shape index (κ3) is 2.28. The van der Waals surface area contributed by atoms with E-state index in [0.717, 1.165) is 18.5 Å². The minimum atomic E-state index is -0.304. The van der Waals surface area contributed by atoms with E-state index in [-0.39, 0.29) is 11.9 Å². The van der Waals surface area contributed by atoms with E-state index in [0.29, 0.717) is 21.9 Å². The summed E-state index contributed by atoms with van der Waals surface area (Å²) in [6.45, 7) is 0.734. The van der Waals surface area contributed by atoms with Gasteiger partial charge in [-0.3, -0.25) is 0 Å². The van der Waals surface area contributed by atoms with Gasteiger partial charge in [-0.25, -0.2) is 4.39 Å². The maximum Gasteiger partial charge on any atom is 0.134 e. The van der Waals surface area contributed by atoms with E-state index in [2.05, 4.69) is 5.32 Å². The van der Waals surface area contributed by atoms with Crippen LogP contribution < -0.4 is 10.1 Å². The molecule has 0 spiro atoms. The number of benzene rings is 2. The molecule has 0 fully saturated rings. The number of likely N-dealkylation sites (N-methyl/N-ethyl adjacent to an activating group) is 1. The number of halogens is 2. The lowest BCUT2D eigenvalue weighted by Crippen LogP contribution is -2.27. The van der Waals surface area contributed by atoms with Crippen molar-refractivity contribution in [1.29, 1.82) is 0 Å². The van der Waals surface area contributed by atoms with Gasteiger partial charge >= 0.3 is 0 Å². The van der Waals surface area contributed by atoms with E-state index in [9.17, 15) is 4.39 Å². The summed E-state index contributed by atoms with van der Waals surface area (Å²) in [5.74, 6) is 0.320. The van der Waals surface area contributed by atoms with Gasteiger partial charge in [0.2, 0.25) is 0 Å². The van der Waals surface area contributed by atoms with E-state index in [1.165, 1.54) is 6.07 Å². The molecule has 0 saturated carbocycles. The van der Waals surface area contributed by atoms with Crippen molar-refractivity contribution < 1.29 is 9.13 Å². The van der Waals surface area contributed by atoms with Crippen molar-refractivity contribution in [3.05, 3.63) is 52.8 Å². The molecular weight excluding hydrogens is 277 g/mol. The van der Waals surface area contributed by atoms with E-state index >= 15 is 0 Å². The number of nitrogens with one attached hydrogen (secondary N) is 1. The maximum absolute atomic E-state index is 14.3. The lowest BCUT2D eigenvalue weighted by Gasteiger charge is -2.13. The van der Waals surface area contributed by atoms with Gasteiger partial charge in [-0.15, -0.1) is 0 Å². The molecule has 0 radical (unpaired) electrons. The highest BCUT2D eigenvalue weighted by atomic mass is 35.5. The zero-order valence-electron chi connectivity index (χ0n) is 11.1. The van der Waals surface area contributed by atoms with Crippen molar-refractivity contribution in [3.63, 3.8) is 0 Å². The Hall–Kier alpha value is -1.58. The standard InChI is InChI=1S/C16H15ClFNO/c1-19-9-11-8-10-6-7-14(18)15(16(10)20-11)12-4-2-3-5-13(12)17/h2-7,11,19H,8-9H2,1H3. The van der Waals surface area contributed by atoms with Gasteiger partial charge in [0.05, 0.1) is 5.56 Å². The molecule has 0 bridgehead atoms. The third-order valence-corrected chi connectivity index (χ3v) is 3.83. The number of fused-ring (bicyclic) bond motifs is 1. The van der Waals surface area contributed by atoms with Crippen molar-refractivity contribution in [2.45, 2.75) is 12.5 Å². The molecule has 0 saturated heterocycles. The summed E-state index contributed by atoms with van der Waals surface area (Å²) in [6, 6.07) is 10.5. The largest absolute Gasteiger partial charge is 0.488 e. The minimum Gasteiger partial charge on any atom is -0.488 e. The van der Waals surface area contributed by atoms with Gasteiger partial charge in [0.25, 0.3) is 0 Å². The Morgan fingerprint density at radius 1 is 1.30 bits per heavy atom. The topological polar surface area (TPSA) is 21.3 Å². The fourth-order valence-corrected chi connectivity index (χ4v) is 2.84. The first-order chi connectivity index (χ1) is 9.70. The molecule has 3 rings (SSSR count). The van der Waals surface area contributed by atoms with Crippen LogP contribution in [0.3, 0.4) is 0 Å². The van der Waals surface area contributed by atoms with E-state index in [1.807, 2.05) is 25.2 Å². The Balaban J connectivity index is 2.10.